The van der Waals surface area contributed by atoms with Gasteiger partial charge in [-0.1, -0.05) is 19.8 Å². The van der Waals surface area contributed by atoms with Gasteiger partial charge in [0.25, 0.3) is 5.91 Å². The first-order valence-electron chi connectivity index (χ1n) is 7.78. The number of carbonyl (C=O) groups excluding carboxylic acids is 3. The molecule has 0 aromatic rings. The van der Waals surface area contributed by atoms with Gasteiger partial charge in [0.2, 0.25) is 5.76 Å². The van der Waals surface area contributed by atoms with Gasteiger partial charge in [0.1, 0.15) is 19.5 Å². The molecule has 0 aromatic carbocycles. The van der Waals surface area contributed by atoms with Crippen molar-refractivity contribution in [2.45, 2.75) is 38.6 Å². The molecule has 0 unspecified atom stereocenters. The summed E-state index contributed by atoms with van der Waals surface area (Å²) < 4.78 is 14.7. The van der Waals surface area contributed by atoms with E-state index in [9.17, 15) is 14.4 Å². The molecule has 0 bridgehead atoms. The number of esters is 1. The maximum absolute atomic E-state index is 11.8. The van der Waals surface area contributed by atoms with Crippen LogP contribution in [-0.4, -0.2) is 43.8 Å². The van der Waals surface area contributed by atoms with Gasteiger partial charge in [0.15, 0.2) is 6.61 Å². The van der Waals surface area contributed by atoms with Crippen molar-refractivity contribution in [1.82, 2.24) is 10.6 Å². The molecule has 0 radical (unpaired) electrons. The lowest BCUT2D eigenvalue weighted by Gasteiger charge is -2.29. The minimum absolute atomic E-state index is 0.0667. The average molecular weight is 326 g/mol. The Kier molecular flexibility index (Phi) is 6.25. The molecule has 1 aliphatic heterocycles. The fourth-order valence-electron chi connectivity index (χ4n) is 2.58. The maximum atomic E-state index is 11.8. The highest BCUT2D eigenvalue weighted by molar-refractivity contribution is 5.96. The van der Waals surface area contributed by atoms with E-state index < -0.39 is 24.5 Å². The van der Waals surface area contributed by atoms with Crippen LogP contribution in [0.2, 0.25) is 0 Å². The molecular weight excluding hydrogens is 304 g/mol. The normalized spacial score (nSPS) is 23.6. The molecule has 3 amide bonds. The molecule has 1 fully saturated rings. The molecule has 128 valence electrons. The Morgan fingerprint density at radius 3 is 2.74 bits per heavy atom. The maximum Gasteiger partial charge on any atom is 0.377 e. The Bertz CT molecular complexity index is 490. The van der Waals surface area contributed by atoms with Gasteiger partial charge >= 0.3 is 12.0 Å². The fraction of sp³-hybridized carbons (Fsp3) is 0.667. The third kappa shape index (κ3) is 5.46. The van der Waals surface area contributed by atoms with E-state index in [1.54, 1.807) is 0 Å². The van der Waals surface area contributed by atoms with E-state index in [2.05, 4.69) is 17.6 Å². The SMILES string of the molecule is C[C@@H]1CCCC[C@@H]1NC(=O)NC(=O)COC(=O)C1=COCCO1. The molecule has 8 nitrogen and oxygen atoms in total. The fourth-order valence-corrected chi connectivity index (χ4v) is 2.58. The minimum Gasteiger partial charge on any atom is -0.493 e. The highest BCUT2D eigenvalue weighted by atomic mass is 16.6. The number of ether oxygens (including phenoxy) is 3. The van der Waals surface area contributed by atoms with Gasteiger partial charge in [-0.05, 0) is 18.8 Å². The van der Waals surface area contributed by atoms with Crippen LogP contribution in [-0.2, 0) is 23.8 Å². The molecule has 0 spiro atoms. The third-order valence-corrected chi connectivity index (χ3v) is 3.87. The summed E-state index contributed by atoms with van der Waals surface area (Å²) in [6.07, 6.45) is 5.34. The lowest BCUT2D eigenvalue weighted by molar-refractivity contribution is -0.149. The summed E-state index contributed by atoms with van der Waals surface area (Å²) in [4.78, 5) is 35.0. The second-order valence-corrected chi connectivity index (χ2v) is 5.67. The zero-order chi connectivity index (χ0) is 16.7. The Labute approximate surface area is 134 Å². The molecule has 1 heterocycles. The van der Waals surface area contributed by atoms with Crippen LogP contribution >= 0.6 is 0 Å². The first-order valence-corrected chi connectivity index (χ1v) is 7.78. The third-order valence-electron chi connectivity index (χ3n) is 3.87. The van der Waals surface area contributed by atoms with Crippen molar-refractivity contribution in [3.05, 3.63) is 12.0 Å². The van der Waals surface area contributed by atoms with Crippen LogP contribution in [0.1, 0.15) is 32.6 Å². The van der Waals surface area contributed by atoms with Crippen molar-refractivity contribution in [2.24, 2.45) is 5.92 Å². The predicted molar refractivity (Wildman–Crippen MR) is 79.0 cm³/mol. The van der Waals surface area contributed by atoms with Gasteiger partial charge in [-0.2, -0.15) is 0 Å². The molecule has 0 aromatic heterocycles. The largest absolute Gasteiger partial charge is 0.493 e. The van der Waals surface area contributed by atoms with Gasteiger partial charge in [0.05, 0.1) is 0 Å². The Hall–Kier alpha value is -2.25. The Morgan fingerprint density at radius 1 is 1.26 bits per heavy atom. The standard InChI is InChI=1S/C15H22N2O6/c1-10-4-2-3-5-11(10)16-15(20)17-13(18)9-23-14(19)12-8-21-6-7-22-12/h8,10-11H,2-7,9H2,1H3,(H2,16,17,18,20)/t10-,11+/m1/s1. The highest BCUT2D eigenvalue weighted by Gasteiger charge is 2.24. The second-order valence-electron chi connectivity index (χ2n) is 5.67. The van der Waals surface area contributed by atoms with E-state index in [1.165, 1.54) is 0 Å². The number of imide groups is 1. The molecule has 0 saturated heterocycles. The monoisotopic (exact) mass is 326 g/mol. The summed E-state index contributed by atoms with van der Waals surface area (Å²) in [5.41, 5.74) is 0. The van der Waals surface area contributed by atoms with Crippen molar-refractivity contribution < 1.29 is 28.6 Å². The number of carbonyl (C=O) groups is 3. The van der Waals surface area contributed by atoms with E-state index in [-0.39, 0.29) is 18.4 Å². The van der Waals surface area contributed by atoms with Crippen molar-refractivity contribution in [3.63, 3.8) is 0 Å². The van der Waals surface area contributed by atoms with E-state index in [0.717, 1.165) is 31.9 Å². The number of amides is 3. The van der Waals surface area contributed by atoms with Crippen molar-refractivity contribution in [3.8, 4) is 0 Å². The second kappa shape index (κ2) is 8.40. The zero-order valence-corrected chi connectivity index (χ0v) is 13.1. The predicted octanol–water partition coefficient (Wildman–Crippen LogP) is 0.822. The van der Waals surface area contributed by atoms with Gasteiger partial charge < -0.3 is 19.5 Å². The van der Waals surface area contributed by atoms with Gasteiger partial charge in [-0.15, -0.1) is 0 Å². The summed E-state index contributed by atoms with van der Waals surface area (Å²) in [5, 5.41) is 4.93. The van der Waals surface area contributed by atoms with Crippen LogP contribution in [0.3, 0.4) is 0 Å². The number of hydrogen-bond donors (Lipinski definition) is 2. The van der Waals surface area contributed by atoms with Gasteiger partial charge in [-0.3, -0.25) is 10.1 Å². The van der Waals surface area contributed by atoms with Crippen LogP contribution in [0.25, 0.3) is 0 Å². The van der Waals surface area contributed by atoms with Crippen LogP contribution in [0.5, 0.6) is 0 Å². The Balaban J connectivity index is 1.68. The van der Waals surface area contributed by atoms with Crippen LogP contribution < -0.4 is 10.6 Å². The summed E-state index contributed by atoms with van der Waals surface area (Å²) >= 11 is 0. The van der Waals surface area contributed by atoms with Crippen molar-refractivity contribution >= 4 is 17.9 Å². The quantitative estimate of drug-likeness (QED) is 0.742. The molecule has 2 atom stereocenters. The highest BCUT2D eigenvalue weighted by Crippen LogP contribution is 2.23. The molecule has 8 heteroatoms. The molecule has 23 heavy (non-hydrogen) atoms. The van der Waals surface area contributed by atoms with Crippen LogP contribution in [0, 0.1) is 5.92 Å². The number of hydrogen-bond acceptors (Lipinski definition) is 6. The van der Waals surface area contributed by atoms with E-state index in [1.807, 2.05) is 0 Å². The molecule has 2 rings (SSSR count). The molecular formula is C15H22N2O6. The van der Waals surface area contributed by atoms with Crippen molar-refractivity contribution in [2.75, 3.05) is 19.8 Å². The average Bonchev–Trinajstić information content (AvgIpc) is 2.55. The Morgan fingerprint density at radius 2 is 2.04 bits per heavy atom. The molecule has 2 N–H and O–H groups in total. The number of rotatable bonds is 4. The van der Waals surface area contributed by atoms with E-state index >= 15 is 0 Å². The van der Waals surface area contributed by atoms with Gasteiger partial charge in [0, 0.05) is 6.04 Å². The number of urea groups is 1. The van der Waals surface area contributed by atoms with E-state index in [0.29, 0.717) is 12.5 Å². The number of nitrogens with one attached hydrogen (secondary N) is 2. The molecule has 1 saturated carbocycles. The molecule has 2 aliphatic rings. The molecule has 1 aliphatic carbocycles. The minimum atomic E-state index is -0.804. The summed E-state index contributed by atoms with van der Waals surface area (Å²) in [6.45, 7) is 2.12. The first-order chi connectivity index (χ1) is 11.1. The summed E-state index contributed by atoms with van der Waals surface area (Å²) in [6, 6.07) is -0.502. The summed E-state index contributed by atoms with van der Waals surface area (Å²) in [5.74, 6) is -1.21. The summed E-state index contributed by atoms with van der Waals surface area (Å²) in [7, 11) is 0. The van der Waals surface area contributed by atoms with Crippen molar-refractivity contribution in [1.29, 1.82) is 0 Å². The first kappa shape index (κ1) is 17.1. The topological polar surface area (TPSA) is 103 Å². The van der Waals surface area contributed by atoms with E-state index in [4.69, 9.17) is 14.2 Å². The zero-order valence-electron chi connectivity index (χ0n) is 13.1. The lowest BCUT2D eigenvalue weighted by atomic mass is 9.86. The van der Waals surface area contributed by atoms with Crippen LogP contribution in [0.4, 0.5) is 4.79 Å². The lowest BCUT2D eigenvalue weighted by Crippen LogP contribution is -2.48. The van der Waals surface area contributed by atoms with Crippen LogP contribution in [0.15, 0.2) is 12.0 Å². The smallest absolute Gasteiger partial charge is 0.377 e. The van der Waals surface area contributed by atoms with Gasteiger partial charge in [-0.25, -0.2) is 9.59 Å².